The van der Waals surface area contributed by atoms with Gasteiger partial charge in [-0.05, 0) is 73.3 Å². The second-order valence-corrected chi connectivity index (χ2v) is 8.16. The predicted molar refractivity (Wildman–Crippen MR) is 91.4 cm³/mol. The number of carbonyl (C=O) groups excluding carboxylic acids is 1. The topological polar surface area (TPSA) is 86.2 Å². The van der Waals surface area contributed by atoms with E-state index >= 15 is 0 Å². The van der Waals surface area contributed by atoms with Crippen LogP contribution in [0.25, 0.3) is 0 Å². The van der Waals surface area contributed by atoms with Crippen molar-refractivity contribution in [3.05, 3.63) is 33.9 Å². The summed E-state index contributed by atoms with van der Waals surface area (Å²) in [5.74, 6) is 4.08. The lowest BCUT2D eigenvalue weighted by molar-refractivity contribution is -0.383. The lowest BCUT2D eigenvalue weighted by Gasteiger charge is -2.54. The van der Waals surface area contributed by atoms with Crippen molar-refractivity contribution < 1.29 is 9.72 Å². The van der Waals surface area contributed by atoms with Crippen LogP contribution in [0.15, 0.2) is 18.2 Å². The molecule has 128 valence electrons. The molecule has 5 nitrogen and oxygen atoms in total. The Labute approximate surface area is 141 Å². The van der Waals surface area contributed by atoms with Crippen LogP contribution < -0.4 is 5.73 Å². The minimum absolute atomic E-state index is 0.102. The normalized spacial score (nSPS) is 33.6. The number of anilines is 1. The van der Waals surface area contributed by atoms with Crippen LogP contribution >= 0.6 is 0 Å². The fourth-order valence-corrected chi connectivity index (χ4v) is 5.79. The van der Waals surface area contributed by atoms with Crippen molar-refractivity contribution in [1.82, 2.24) is 0 Å². The molecule has 4 fully saturated rings. The maximum Gasteiger partial charge on any atom is 0.292 e. The van der Waals surface area contributed by atoms with E-state index in [4.69, 9.17) is 5.73 Å². The number of nitro groups is 1. The number of Topliss-reactive ketones (excluding diaryl/α,β-unsaturated/α-hetero) is 1. The molecule has 0 spiro atoms. The molecule has 5 heteroatoms. The van der Waals surface area contributed by atoms with Gasteiger partial charge < -0.3 is 5.73 Å². The lowest BCUT2D eigenvalue weighted by atomic mass is 9.51. The largest absolute Gasteiger partial charge is 0.393 e. The Morgan fingerprint density at radius 2 is 1.75 bits per heavy atom. The SMILES string of the molecule is Nc1ccc(CC(=O)CC2C3CC4CC(C3)CC2C4)cc1[N+](=O)[O-]. The summed E-state index contributed by atoms with van der Waals surface area (Å²) in [6.07, 6.45) is 7.62. The van der Waals surface area contributed by atoms with Gasteiger partial charge in [-0.2, -0.15) is 0 Å². The Balaban J connectivity index is 1.42. The predicted octanol–water partition coefficient (Wildman–Crippen LogP) is 3.75. The molecule has 1 aromatic carbocycles. The Morgan fingerprint density at radius 1 is 1.12 bits per heavy atom. The number of nitrogens with zero attached hydrogens (tertiary/aromatic N) is 1. The molecular formula is C19H24N2O3. The number of nitrogens with two attached hydrogens (primary N) is 1. The first-order valence-electron chi connectivity index (χ1n) is 9.04. The molecule has 0 atom stereocenters. The molecule has 4 bridgehead atoms. The molecule has 0 saturated heterocycles. The van der Waals surface area contributed by atoms with Crippen molar-refractivity contribution in [2.75, 3.05) is 5.73 Å². The van der Waals surface area contributed by atoms with Gasteiger partial charge in [0.25, 0.3) is 5.69 Å². The van der Waals surface area contributed by atoms with Crippen LogP contribution in [0.2, 0.25) is 0 Å². The third-order valence-corrected chi connectivity index (χ3v) is 6.58. The number of hydrogen-bond acceptors (Lipinski definition) is 4. The molecule has 5 rings (SSSR count). The molecular weight excluding hydrogens is 304 g/mol. The number of rotatable bonds is 5. The summed E-state index contributed by atoms with van der Waals surface area (Å²) in [4.78, 5) is 23.1. The first-order valence-corrected chi connectivity index (χ1v) is 9.04. The highest BCUT2D eigenvalue weighted by Crippen LogP contribution is 2.57. The van der Waals surface area contributed by atoms with E-state index < -0.39 is 4.92 Å². The monoisotopic (exact) mass is 328 g/mol. The maximum atomic E-state index is 12.6. The minimum Gasteiger partial charge on any atom is -0.393 e. The van der Waals surface area contributed by atoms with Gasteiger partial charge in [-0.25, -0.2) is 0 Å². The van der Waals surface area contributed by atoms with E-state index in [9.17, 15) is 14.9 Å². The Bertz CT molecular complexity index is 657. The van der Waals surface area contributed by atoms with Crippen molar-refractivity contribution in [1.29, 1.82) is 0 Å². The van der Waals surface area contributed by atoms with E-state index in [2.05, 4.69) is 0 Å². The van der Waals surface area contributed by atoms with Gasteiger partial charge in [0.05, 0.1) is 4.92 Å². The third kappa shape index (κ3) is 2.80. The van der Waals surface area contributed by atoms with E-state index in [-0.39, 0.29) is 23.6 Å². The highest BCUT2D eigenvalue weighted by atomic mass is 16.6. The van der Waals surface area contributed by atoms with Crippen LogP contribution in [0, 0.1) is 39.7 Å². The molecule has 4 aliphatic rings. The molecule has 0 amide bonds. The Morgan fingerprint density at radius 3 is 2.33 bits per heavy atom. The van der Waals surface area contributed by atoms with Crippen LogP contribution in [0.3, 0.4) is 0 Å². The van der Waals surface area contributed by atoms with E-state index in [1.165, 1.54) is 44.2 Å². The molecule has 24 heavy (non-hydrogen) atoms. The van der Waals surface area contributed by atoms with Gasteiger partial charge >= 0.3 is 0 Å². The van der Waals surface area contributed by atoms with E-state index in [1.807, 2.05) is 0 Å². The van der Waals surface area contributed by atoms with E-state index in [1.54, 1.807) is 6.07 Å². The van der Waals surface area contributed by atoms with Gasteiger partial charge in [-0.1, -0.05) is 6.07 Å². The van der Waals surface area contributed by atoms with Gasteiger partial charge in [0.2, 0.25) is 0 Å². The standard InChI is InChI=1S/C19H24N2O3/c20-18-2-1-11(9-19(18)21(23)24)8-16(22)10-17-14-4-12-3-13(6-14)7-15(17)5-12/h1-2,9,12-15,17H,3-8,10,20H2. The zero-order valence-corrected chi connectivity index (χ0v) is 13.8. The van der Waals surface area contributed by atoms with Crippen LogP contribution in [0.1, 0.15) is 44.1 Å². The zero-order valence-electron chi connectivity index (χ0n) is 13.8. The summed E-state index contributed by atoms with van der Waals surface area (Å²) in [7, 11) is 0. The van der Waals surface area contributed by atoms with Crippen molar-refractivity contribution in [2.45, 2.75) is 44.9 Å². The Kier molecular flexibility index (Phi) is 3.82. The van der Waals surface area contributed by atoms with Gasteiger partial charge in [-0.3, -0.25) is 14.9 Å². The van der Waals surface area contributed by atoms with Crippen LogP contribution in [0.4, 0.5) is 11.4 Å². The zero-order chi connectivity index (χ0) is 16.8. The summed E-state index contributed by atoms with van der Waals surface area (Å²) in [5.41, 5.74) is 6.37. The molecule has 4 saturated carbocycles. The molecule has 4 aliphatic carbocycles. The summed E-state index contributed by atoms with van der Waals surface area (Å²) < 4.78 is 0. The highest BCUT2D eigenvalue weighted by molar-refractivity contribution is 5.81. The first-order chi connectivity index (χ1) is 11.5. The number of benzene rings is 1. The Hall–Kier alpha value is -1.91. The summed E-state index contributed by atoms with van der Waals surface area (Å²) >= 11 is 0. The number of nitrogen functional groups attached to an aromatic ring is 1. The van der Waals surface area contributed by atoms with E-state index in [0.29, 0.717) is 17.9 Å². The second kappa shape index (κ2) is 5.87. The van der Waals surface area contributed by atoms with Gasteiger partial charge in [0, 0.05) is 18.9 Å². The summed E-state index contributed by atoms with van der Waals surface area (Å²) in [5, 5.41) is 11.0. The number of ketones is 1. The minimum atomic E-state index is -0.485. The number of hydrogen-bond donors (Lipinski definition) is 1. The molecule has 0 aromatic heterocycles. The van der Waals surface area contributed by atoms with Gasteiger partial charge in [0.15, 0.2) is 0 Å². The first kappa shape index (κ1) is 15.6. The second-order valence-electron chi connectivity index (χ2n) is 8.16. The van der Waals surface area contributed by atoms with E-state index in [0.717, 1.165) is 23.7 Å². The quantitative estimate of drug-likeness (QED) is 0.506. The van der Waals surface area contributed by atoms with Gasteiger partial charge in [0.1, 0.15) is 11.5 Å². The highest BCUT2D eigenvalue weighted by Gasteiger charge is 2.48. The molecule has 0 unspecified atom stereocenters. The summed E-state index contributed by atoms with van der Waals surface area (Å²) in [6.45, 7) is 0. The van der Waals surface area contributed by atoms with Crippen LogP contribution in [0.5, 0.6) is 0 Å². The number of nitro benzene ring substituents is 1. The van der Waals surface area contributed by atoms with Crippen molar-refractivity contribution in [3.63, 3.8) is 0 Å². The van der Waals surface area contributed by atoms with Crippen molar-refractivity contribution in [2.24, 2.45) is 29.6 Å². The fourth-order valence-electron chi connectivity index (χ4n) is 5.79. The molecule has 0 aliphatic heterocycles. The smallest absolute Gasteiger partial charge is 0.292 e. The van der Waals surface area contributed by atoms with Crippen LogP contribution in [-0.4, -0.2) is 10.7 Å². The fraction of sp³-hybridized carbons (Fsp3) is 0.632. The molecule has 1 aromatic rings. The molecule has 0 heterocycles. The molecule has 0 radical (unpaired) electrons. The van der Waals surface area contributed by atoms with Crippen molar-refractivity contribution >= 4 is 17.2 Å². The third-order valence-electron chi connectivity index (χ3n) is 6.58. The average molecular weight is 328 g/mol. The van der Waals surface area contributed by atoms with Crippen LogP contribution in [-0.2, 0) is 11.2 Å². The number of carbonyl (C=O) groups is 1. The molecule has 2 N–H and O–H groups in total. The lowest BCUT2D eigenvalue weighted by Crippen LogP contribution is -2.45. The average Bonchev–Trinajstić information content (AvgIpc) is 2.52. The van der Waals surface area contributed by atoms with Gasteiger partial charge in [-0.15, -0.1) is 0 Å². The maximum absolute atomic E-state index is 12.6. The van der Waals surface area contributed by atoms with Crippen molar-refractivity contribution in [3.8, 4) is 0 Å². The summed E-state index contributed by atoms with van der Waals surface area (Å²) in [6, 6.07) is 4.71.